The van der Waals surface area contributed by atoms with Gasteiger partial charge in [-0.15, -0.1) is 24.8 Å². The third-order valence-corrected chi connectivity index (χ3v) is 7.03. The van der Waals surface area contributed by atoms with Crippen LogP contribution < -0.4 is 0 Å². The van der Waals surface area contributed by atoms with Gasteiger partial charge in [0.15, 0.2) is 0 Å². The van der Waals surface area contributed by atoms with Crippen LogP contribution >= 0.6 is 24.8 Å². The van der Waals surface area contributed by atoms with Gasteiger partial charge in [0.25, 0.3) is 0 Å². The highest BCUT2D eigenvalue weighted by Crippen LogP contribution is 2.34. The zero-order valence-electron chi connectivity index (χ0n) is 20.4. The molecule has 0 aromatic carbocycles. The van der Waals surface area contributed by atoms with Crippen molar-refractivity contribution in [2.24, 2.45) is 11.8 Å². The molecule has 1 aliphatic carbocycles. The van der Waals surface area contributed by atoms with Gasteiger partial charge in [0.2, 0.25) is 0 Å². The third kappa shape index (κ3) is 6.93. The number of hydrogen-bond donors (Lipinski definition) is 1. The third-order valence-electron chi connectivity index (χ3n) is 7.03. The van der Waals surface area contributed by atoms with Gasteiger partial charge in [-0.2, -0.15) is 5.10 Å². The van der Waals surface area contributed by atoms with Gasteiger partial charge < -0.3 is 10.0 Å². The van der Waals surface area contributed by atoms with Gasteiger partial charge in [0.05, 0.1) is 12.2 Å². The van der Waals surface area contributed by atoms with Crippen molar-refractivity contribution in [2.75, 3.05) is 19.6 Å². The number of nitrogens with zero attached hydrogens (tertiary/aromatic N) is 4. The molecule has 0 fully saturated rings. The van der Waals surface area contributed by atoms with Crippen molar-refractivity contribution in [3.63, 3.8) is 0 Å². The Morgan fingerprint density at radius 2 is 1.67 bits per heavy atom. The summed E-state index contributed by atoms with van der Waals surface area (Å²) in [5.74, 6) is 0.481. The Hall–Kier alpha value is -1.63. The minimum Gasteiger partial charge on any atom is -0.477 e. The van der Waals surface area contributed by atoms with Crippen molar-refractivity contribution < 1.29 is 9.90 Å². The van der Waals surface area contributed by atoms with E-state index in [4.69, 9.17) is 5.10 Å². The number of aryl methyl sites for hydroxylation is 1. The van der Waals surface area contributed by atoms with Crippen LogP contribution in [0.3, 0.4) is 0 Å². The first kappa shape index (κ1) is 29.4. The highest BCUT2D eigenvalue weighted by atomic mass is 35.5. The molecule has 0 amide bonds. The highest BCUT2D eigenvalue weighted by Gasteiger charge is 2.28. The van der Waals surface area contributed by atoms with Crippen LogP contribution in [-0.2, 0) is 19.4 Å². The van der Waals surface area contributed by atoms with Crippen LogP contribution in [0, 0.1) is 11.8 Å². The maximum atomic E-state index is 12.2. The number of halogens is 2. The van der Waals surface area contributed by atoms with Gasteiger partial charge in [0, 0.05) is 43.2 Å². The molecule has 6 nitrogen and oxygen atoms in total. The predicted molar refractivity (Wildman–Crippen MR) is 139 cm³/mol. The maximum absolute atomic E-state index is 12.2. The molecule has 2 aromatic heterocycles. The SMILES string of the molecule is CCC(CC)CN(CCn1nc2c(c1C(=O)O)CCc1cnccc1-2)CC(CC)CC.Cl.Cl. The van der Waals surface area contributed by atoms with Gasteiger partial charge in [0.1, 0.15) is 5.69 Å². The zero-order chi connectivity index (χ0) is 22.4. The van der Waals surface area contributed by atoms with Crippen molar-refractivity contribution in [2.45, 2.75) is 72.8 Å². The van der Waals surface area contributed by atoms with E-state index >= 15 is 0 Å². The van der Waals surface area contributed by atoms with Gasteiger partial charge in [-0.25, -0.2) is 4.79 Å². The number of fused-ring (bicyclic) bond motifs is 3. The molecule has 2 heterocycles. The minimum absolute atomic E-state index is 0. The molecule has 2 aromatic rings. The lowest BCUT2D eigenvalue weighted by molar-refractivity contribution is 0.0680. The van der Waals surface area contributed by atoms with Crippen LogP contribution in [0.15, 0.2) is 18.5 Å². The van der Waals surface area contributed by atoms with E-state index in [-0.39, 0.29) is 24.8 Å². The first-order valence-corrected chi connectivity index (χ1v) is 12.0. The Kier molecular flexibility index (Phi) is 12.4. The summed E-state index contributed by atoms with van der Waals surface area (Å²) in [6.45, 7) is 12.6. The quantitative estimate of drug-likeness (QED) is 0.402. The van der Waals surface area contributed by atoms with Crippen molar-refractivity contribution in [1.82, 2.24) is 19.7 Å². The van der Waals surface area contributed by atoms with E-state index in [9.17, 15) is 9.90 Å². The van der Waals surface area contributed by atoms with Crippen LogP contribution in [-0.4, -0.2) is 50.4 Å². The molecule has 0 unspecified atom stereocenters. The lowest BCUT2D eigenvalue weighted by Gasteiger charge is -2.29. The van der Waals surface area contributed by atoms with E-state index in [0.29, 0.717) is 30.5 Å². The van der Waals surface area contributed by atoms with Crippen molar-refractivity contribution in [3.05, 3.63) is 35.3 Å². The average molecular weight is 500 g/mol. The van der Waals surface area contributed by atoms with Gasteiger partial charge >= 0.3 is 5.97 Å². The minimum atomic E-state index is -0.877. The summed E-state index contributed by atoms with van der Waals surface area (Å²) >= 11 is 0. The fourth-order valence-electron chi connectivity index (χ4n) is 4.79. The second-order valence-corrected chi connectivity index (χ2v) is 8.86. The van der Waals surface area contributed by atoms with Gasteiger partial charge in [-0.3, -0.25) is 9.67 Å². The van der Waals surface area contributed by atoms with Crippen LogP contribution in [0.2, 0.25) is 0 Å². The molecule has 0 aliphatic heterocycles. The van der Waals surface area contributed by atoms with Crippen molar-refractivity contribution in [1.29, 1.82) is 0 Å². The van der Waals surface area contributed by atoms with E-state index < -0.39 is 5.97 Å². The summed E-state index contributed by atoms with van der Waals surface area (Å²) in [5.41, 5.74) is 4.25. The largest absolute Gasteiger partial charge is 0.477 e. The van der Waals surface area contributed by atoms with Crippen molar-refractivity contribution in [3.8, 4) is 11.3 Å². The van der Waals surface area contributed by atoms with E-state index in [2.05, 4.69) is 37.6 Å². The summed E-state index contributed by atoms with van der Waals surface area (Å²) in [4.78, 5) is 18.9. The summed E-state index contributed by atoms with van der Waals surface area (Å²) in [7, 11) is 0. The molecule has 0 radical (unpaired) electrons. The number of pyridine rings is 1. The molecule has 33 heavy (non-hydrogen) atoms. The molecule has 8 heteroatoms. The number of carbonyl (C=O) groups is 1. The number of rotatable bonds is 12. The van der Waals surface area contributed by atoms with Crippen molar-refractivity contribution >= 4 is 30.8 Å². The van der Waals surface area contributed by atoms with Crippen LogP contribution in [0.4, 0.5) is 0 Å². The molecule has 1 N–H and O–H groups in total. The summed E-state index contributed by atoms with van der Waals surface area (Å²) < 4.78 is 1.75. The Morgan fingerprint density at radius 3 is 2.21 bits per heavy atom. The average Bonchev–Trinajstić information content (AvgIpc) is 3.18. The first-order valence-electron chi connectivity index (χ1n) is 12.0. The lowest BCUT2D eigenvalue weighted by atomic mass is 9.90. The number of aromatic carboxylic acids is 1. The Balaban J connectivity index is 0.00000272. The number of carboxylic acids is 1. The van der Waals surface area contributed by atoms with Crippen LogP contribution in [0.25, 0.3) is 11.3 Å². The van der Waals surface area contributed by atoms with Gasteiger partial charge in [-0.05, 0) is 36.3 Å². The van der Waals surface area contributed by atoms with E-state index in [1.807, 2.05) is 12.3 Å². The predicted octanol–water partition coefficient (Wildman–Crippen LogP) is 5.76. The normalized spacial score (nSPS) is 12.3. The second-order valence-electron chi connectivity index (χ2n) is 8.86. The fourth-order valence-corrected chi connectivity index (χ4v) is 4.79. The smallest absolute Gasteiger partial charge is 0.354 e. The molecule has 0 bridgehead atoms. The molecular weight excluding hydrogens is 459 g/mol. The van der Waals surface area contributed by atoms with E-state index in [1.54, 1.807) is 10.9 Å². The number of aromatic nitrogens is 3. The molecule has 186 valence electrons. The zero-order valence-corrected chi connectivity index (χ0v) is 22.1. The monoisotopic (exact) mass is 498 g/mol. The lowest BCUT2D eigenvalue weighted by Crippen LogP contribution is -2.36. The molecule has 0 saturated heterocycles. The standard InChI is InChI=1S/C25H38N4O2.2ClH/c1-5-18(6-2)16-28(17-19(7-3)8-4)13-14-29-24(25(30)31)22-10-9-20-15-26-12-11-21(20)23(22)27-29;;/h11-12,15,18-19H,5-10,13-14,16-17H2,1-4H3,(H,30,31);2*1H. The van der Waals surface area contributed by atoms with Crippen LogP contribution in [0.1, 0.15) is 75.0 Å². The molecule has 0 atom stereocenters. The molecule has 1 aliphatic rings. The first-order chi connectivity index (χ1) is 15.0. The maximum Gasteiger partial charge on any atom is 0.354 e. The summed E-state index contributed by atoms with van der Waals surface area (Å²) in [6, 6.07) is 1.96. The number of carboxylic acid groups (broad SMARTS) is 1. The summed E-state index contributed by atoms with van der Waals surface area (Å²) in [5, 5.41) is 14.8. The van der Waals surface area contributed by atoms with E-state index in [0.717, 1.165) is 48.4 Å². The molecule has 0 saturated carbocycles. The molecule has 0 spiro atoms. The van der Waals surface area contributed by atoms with Crippen LogP contribution in [0.5, 0.6) is 0 Å². The molecular formula is C25H40Cl2N4O2. The number of hydrogen-bond acceptors (Lipinski definition) is 4. The fraction of sp³-hybridized carbons (Fsp3) is 0.640. The second kappa shape index (κ2) is 13.9. The van der Waals surface area contributed by atoms with Gasteiger partial charge in [-0.1, -0.05) is 53.4 Å². The Labute approximate surface area is 211 Å². The highest BCUT2D eigenvalue weighted by molar-refractivity contribution is 5.90. The van der Waals surface area contributed by atoms with E-state index in [1.165, 1.54) is 25.7 Å². The topological polar surface area (TPSA) is 71.2 Å². The Bertz CT molecular complexity index is 865. The summed E-state index contributed by atoms with van der Waals surface area (Å²) in [6.07, 6.45) is 9.88. The molecule has 3 rings (SSSR count). The Morgan fingerprint density at radius 1 is 1.06 bits per heavy atom.